The molecular formula is C20H20FN3O4. The highest BCUT2D eigenvalue weighted by Gasteiger charge is 2.48. The van der Waals surface area contributed by atoms with E-state index in [0.29, 0.717) is 5.75 Å². The van der Waals surface area contributed by atoms with E-state index >= 15 is 0 Å². The van der Waals surface area contributed by atoms with E-state index in [1.807, 2.05) is 6.07 Å². The number of nitrogens with zero attached hydrogens (tertiary/aromatic N) is 1. The van der Waals surface area contributed by atoms with E-state index in [2.05, 4.69) is 10.6 Å². The van der Waals surface area contributed by atoms with Gasteiger partial charge in [-0.05, 0) is 30.7 Å². The fourth-order valence-corrected chi connectivity index (χ4v) is 3.14. The Kier molecular flexibility index (Phi) is 5.30. The van der Waals surface area contributed by atoms with Gasteiger partial charge in [0.25, 0.3) is 5.91 Å². The smallest absolute Gasteiger partial charge is 0.325 e. The molecule has 0 aromatic heterocycles. The molecule has 0 saturated carbocycles. The van der Waals surface area contributed by atoms with Gasteiger partial charge in [-0.15, -0.1) is 0 Å². The van der Waals surface area contributed by atoms with Gasteiger partial charge in [0.2, 0.25) is 5.91 Å². The van der Waals surface area contributed by atoms with Crippen molar-refractivity contribution >= 4 is 23.5 Å². The molecule has 1 aliphatic heterocycles. The van der Waals surface area contributed by atoms with Gasteiger partial charge in [0.15, 0.2) is 0 Å². The Balaban J connectivity index is 1.72. The molecule has 2 N–H and O–H groups in total. The van der Waals surface area contributed by atoms with Crippen LogP contribution in [0.2, 0.25) is 0 Å². The van der Waals surface area contributed by atoms with Crippen molar-refractivity contribution < 1.29 is 23.5 Å². The van der Waals surface area contributed by atoms with Crippen LogP contribution in [0.5, 0.6) is 5.75 Å². The summed E-state index contributed by atoms with van der Waals surface area (Å²) in [6.45, 7) is 1.08. The number of benzene rings is 2. The average Bonchev–Trinajstić information content (AvgIpc) is 2.87. The van der Waals surface area contributed by atoms with Gasteiger partial charge in [-0.1, -0.05) is 30.3 Å². The molecule has 0 aliphatic carbocycles. The number of amides is 4. The van der Waals surface area contributed by atoms with Gasteiger partial charge < -0.3 is 15.4 Å². The summed E-state index contributed by atoms with van der Waals surface area (Å²) in [6, 6.07) is 12.2. The van der Waals surface area contributed by atoms with Crippen LogP contribution in [0, 0.1) is 5.82 Å². The number of nitrogens with one attached hydrogen (secondary N) is 2. The number of halogens is 1. The third-order valence-corrected chi connectivity index (χ3v) is 4.53. The van der Waals surface area contributed by atoms with Crippen molar-refractivity contribution in [3.05, 3.63) is 59.9 Å². The van der Waals surface area contributed by atoms with Gasteiger partial charge in [0.05, 0.1) is 12.8 Å². The van der Waals surface area contributed by atoms with Crippen molar-refractivity contribution in [2.45, 2.75) is 18.9 Å². The van der Waals surface area contributed by atoms with Crippen LogP contribution in [0.25, 0.3) is 0 Å². The topological polar surface area (TPSA) is 87.7 Å². The van der Waals surface area contributed by atoms with Gasteiger partial charge in [-0.3, -0.25) is 14.5 Å². The summed E-state index contributed by atoms with van der Waals surface area (Å²) in [5.74, 6) is -1.21. The summed E-state index contributed by atoms with van der Waals surface area (Å²) in [5.41, 5.74) is -0.487. The number of rotatable bonds is 6. The predicted octanol–water partition coefficient (Wildman–Crippen LogP) is 2.33. The molecule has 7 nitrogen and oxygen atoms in total. The van der Waals surface area contributed by atoms with E-state index in [1.54, 1.807) is 31.2 Å². The fourth-order valence-electron chi connectivity index (χ4n) is 3.14. The molecule has 8 heteroatoms. The maximum Gasteiger partial charge on any atom is 0.325 e. The van der Waals surface area contributed by atoms with Crippen molar-refractivity contribution in [3.63, 3.8) is 0 Å². The van der Waals surface area contributed by atoms with Crippen LogP contribution in [0.4, 0.5) is 14.9 Å². The minimum absolute atomic E-state index is 0.0173. The molecular weight excluding hydrogens is 365 g/mol. The molecule has 1 atom stereocenters. The molecule has 4 amide bonds. The van der Waals surface area contributed by atoms with Gasteiger partial charge in [-0.25, -0.2) is 9.18 Å². The van der Waals surface area contributed by atoms with E-state index < -0.39 is 35.7 Å². The number of carbonyl (C=O) groups is 3. The van der Waals surface area contributed by atoms with Gasteiger partial charge >= 0.3 is 6.03 Å². The van der Waals surface area contributed by atoms with Crippen LogP contribution in [-0.2, 0) is 16.0 Å². The third-order valence-electron chi connectivity index (χ3n) is 4.53. The molecule has 0 unspecified atom stereocenters. The number of anilines is 1. The molecule has 0 spiro atoms. The first-order valence-electron chi connectivity index (χ1n) is 8.64. The lowest BCUT2D eigenvalue weighted by atomic mass is 9.92. The second-order valence-electron chi connectivity index (χ2n) is 6.67. The second kappa shape index (κ2) is 7.67. The molecule has 3 rings (SSSR count). The molecule has 2 aromatic carbocycles. The Labute approximate surface area is 161 Å². The normalized spacial score (nSPS) is 18.8. The molecule has 1 aliphatic rings. The standard InChI is InChI=1S/C20H20FN3O4/c1-20(11-13-7-3-6-10-16(13)28-2)18(26)24(19(27)23-20)12-17(25)22-15-9-5-4-8-14(15)21/h3-10H,11-12H2,1-2H3,(H,22,25)(H,23,27)/t20-/m1/s1. The number of ether oxygens (including phenoxy) is 1. The lowest BCUT2D eigenvalue weighted by Crippen LogP contribution is -2.46. The third kappa shape index (κ3) is 3.80. The first-order valence-corrected chi connectivity index (χ1v) is 8.64. The number of hydrogen-bond donors (Lipinski definition) is 2. The highest BCUT2D eigenvalue weighted by molar-refractivity contribution is 6.10. The van der Waals surface area contributed by atoms with E-state index in [4.69, 9.17) is 4.74 Å². The monoisotopic (exact) mass is 385 g/mol. The van der Waals surface area contributed by atoms with E-state index in [1.165, 1.54) is 25.3 Å². The summed E-state index contributed by atoms with van der Waals surface area (Å²) in [7, 11) is 1.52. The molecule has 1 heterocycles. The quantitative estimate of drug-likeness (QED) is 0.747. The SMILES string of the molecule is COc1ccccc1C[C@@]1(C)NC(=O)N(CC(=O)Nc2ccccc2F)C1=O. The zero-order valence-corrected chi connectivity index (χ0v) is 15.5. The highest BCUT2D eigenvalue weighted by atomic mass is 19.1. The maximum absolute atomic E-state index is 13.7. The molecule has 0 bridgehead atoms. The Morgan fingerprint density at radius 2 is 1.86 bits per heavy atom. The minimum atomic E-state index is -1.22. The van der Waals surface area contributed by atoms with Gasteiger partial charge in [-0.2, -0.15) is 0 Å². The summed E-state index contributed by atoms with van der Waals surface area (Å²) >= 11 is 0. The maximum atomic E-state index is 13.7. The van der Waals surface area contributed by atoms with Gasteiger partial charge in [0.1, 0.15) is 23.7 Å². The van der Waals surface area contributed by atoms with Crippen molar-refractivity contribution in [1.82, 2.24) is 10.2 Å². The lowest BCUT2D eigenvalue weighted by Gasteiger charge is -2.22. The van der Waals surface area contributed by atoms with E-state index in [0.717, 1.165) is 10.5 Å². The summed E-state index contributed by atoms with van der Waals surface area (Å²) in [6.07, 6.45) is 0.201. The van der Waals surface area contributed by atoms with E-state index in [-0.39, 0.29) is 12.1 Å². The first kappa shape index (κ1) is 19.3. The molecule has 1 saturated heterocycles. The molecule has 2 aromatic rings. The van der Waals surface area contributed by atoms with Crippen LogP contribution in [0.1, 0.15) is 12.5 Å². The Hall–Kier alpha value is -3.42. The van der Waals surface area contributed by atoms with E-state index in [9.17, 15) is 18.8 Å². The summed E-state index contributed by atoms with van der Waals surface area (Å²) < 4.78 is 19.0. The van der Waals surface area contributed by atoms with Crippen molar-refractivity contribution in [1.29, 1.82) is 0 Å². The zero-order valence-electron chi connectivity index (χ0n) is 15.5. The van der Waals surface area contributed by atoms with Crippen molar-refractivity contribution in [2.24, 2.45) is 0 Å². The van der Waals surface area contributed by atoms with Crippen LogP contribution in [-0.4, -0.2) is 41.9 Å². The molecule has 0 radical (unpaired) electrons. The number of urea groups is 1. The minimum Gasteiger partial charge on any atom is -0.496 e. The zero-order chi connectivity index (χ0) is 20.3. The molecule has 146 valence electrons. The number of methoxy groups -OCH3 is 1. The lowest BCUT2D eigenvalue weighted by molar-refractivity contribution is -0.133. The number of para-hydroxylation sites is 2. The number of imide groups is 1. The average molecular weight is 385 g/mol. The number of hydrogen-bond acceptors (Lipinski definition) is 4. The number of carbonyl (C=O) groups excluding carboxylic acids is 3. The first-order chi connectivity index (χ1) is 13.3. The largest absolute Gasteiger partial charge is 0.496 e. The van der Waals surface area contributed by atoms with Crippen LogP contribution in [0.15, 0.2) is 48.5 Å². The molecule has 28 heavy (non-hydrogen) atoms. The highest BCUT2D eigenvalue weighted by Crippen LogP contribution is 2.27. The van der Waals surface area contributed by atoms with Crippen LogP contribution in [0.3, 0.4) is 0 Å². The van der Waals surface area contributed by atoms with Gasteiger partial charge in [0, 0.05) is 6.42 Å². The second-order valence-corrected chi connectivity index (χ2v) is 6.67. The Bertz CT molecular complexity index is 933. The fraction of sp³-hybridized carbons (Fsp3) is 0.250. The predicted molar refractivity (Wildman–Crippen MR) is 100 cm³/mol. The van der Waals surface area contributed by atoms with Crippen LogP contribution >= 0.6 is 0 Å². The molecule has 1 fully saturated rings. The van der Waals surface area contributed by atoms with Crippen LogP contribution < -0.4 is 15.4 Å². The Morgan fingerprint density at radius 1 is 1.18 bits per heavy atom. The van der Waals surface area contributed by atoms with Crippen molar-refractivity contribution in [2.75, 3.05) is 19.0 Å². The summed E-state index contributed by atoms with van der Waals surface area (Å²) in [4.78, 5) is 38.2. The Morgan fingerprint density at radius 3 is 2.57 bits per heavy atom. The van der Waals surface area contributed by atoms with Crippen molar-refractivity contribution in [3.8, 4) is 5.75 Å². The summed E-state index contributed by atoms with van der Waals surface area (Å²) in [5, 5.41) is 5.00.